The summed E-state index contributed by atoms with van der Waals surface area (Å²) in [6.45, 7) is 7.72. The van der Waals surface area contributed by atoms with E-state index in [1.54, 1.807) is 0 Å². The Hall–Kier alpha value is -1.71. The Labute approximate surface area is 136 Å². The topological polar surface area (TPSA) is 24.9 Å². The zero-order chi connectivity index (χ0) is 15.6. The van der Waals surface area contributed by atoms with Gasteiger partial charge in [0.1, 0.15) is 0 Å². The lowest BCUT2D eigenvalue weighted by atomic mass is 9.85. The second-order valence-corrected chi connectivity index (χ2v) is 7.71. The lowest BCUT2D eigenvalue weighted by Crippen LogP contribution is -2.31. The summed E-state index contributed by atoms with van der Waals surface area (Å²) in [6, 6.07) is 15.3. The van der Waals surface area contributed by atoms with Gasteiger partial charge in [0.15, 0.2) is 0 Å². The maximum Gasteiger partial charge on any atom is 0.0702 e. The Bertz CT molecular complexity index is 741. The molecule has 1 aromatic carbocycles. The van der Waals surface area contributed by atoms with Gasteiger partial charge in [-0.2, -0.15) is 0 Å². The van der Waals surface area contributed by atoms with Gasteiger partial charge < -0.3 is 5.32 Å². The van der Waals surface area contributed by atoms with Crippen molar-refractivity contribution in [1.82, 2.24) is 10.3 Å². The third kappa shape index (κ3) is 3.37. The highest BCUT2D eigenvalue weighted by Crippen LogP contribution is 2.35. The van der Waals surface area contributed by atoms with Crippen LogP contribution in [0.15, 0.2) is 54.0 Å². The average molecular weight is 310 g/mol. The SMILES string of the molecule is CC(C)(C)C(NCc1ccc2ncccc2c1)c1cccs1. The first-order chi connectivity index (χ1) is 10.5. The molecule has 2 aromatic heterocycles. The quantitative estimate of drug-likeness (QED) is 0.719. The molecule has 1 N–H and O–H groups in total. The lowest BCUT2D eigenvalue weighted by Gasteiger charge is -2.31. The highest BCUT2D eigenvalue weighted by molar-refractivity contribution is 7.10. The fourth-order valence-corrected chi connectivity index (χ4v) is 3.79. The monoisotopic (exact) mass is 310 g/mol. The molecule has 2 heterocycles. The minimum atomic E-state index is 0.184. The summed E-state index contributed by atoms with van der Waals surface area (Å²) in [7, 11) is 0. The molecule has 3 aromatic rings. The van der Waals surface area contributed by atoms with Crippen molar-refractivity contribution in [2.45, 2.75) is 33.4 Å². The van der Waals surface area contributed by atoms with Crippen LogP contribution in [0.2, 0.25) is 0 Å². The maximum atomic E-state index is 4.38. The molecule has 114 valence electrons. The summed E-state index contributed by atoms with van der Waals surface area (Å²) >= 11 is 1.82. The van der Waals surface area contributed by atoms with Crippen LogP contribution in [0.25, 0.3) is 10.9 Å². The van der Waals surface area contributed by atoms with E-state index in [1.165, 1.54) is 15.8 Å². The number of benzene rings is 1. The van der Waals surface area contributed by atoms with E-state index in [4.69, 9.17) is 0 Å². The van der Waals surface area contributed by atoms with Crippen LogP contribution in [0.5, 0.6) is 0 Å². The van der Waals surface area contributed by atoms with Crippen molar-refractivity contribution in [1.29, 1.82) is 0 Å². The van der Waals surface area contributed by atoms with Crippen LogP contribution in [0.4, 0.5) is 0 Å². The third-order valence-electron chi connectivity index (χ3n) is 3.87. The van der Waals surface area contributed by atoms with Crippen LogP contribution in [-0.4, -0.2) is 4.98 Å². The second-order valence-electron chi connectivity index (χ2n) is 6.73. The van der Waals surface area contributed by atoms with Crippen molar-refractivity contribution < 1.29 is 0 Å². The molecule has 1 unspecified atom stereocenters. The second kappa shape index (κ2) is 6.19. The van der Waals surface area contributed by atoms with Gasteiger partial charge in [0, 0.05) is 29.0 Å². The van der Waals surface area contributed by atoms with E-state index in [2.05, 4.69) is 72.9 Å². The largest absolute Gasteiger partial charge is 0.305 e. The van der Waals surface area contributed by atoms with E-state index in [0.29, 0.717) is 6.04 Å². The van der Waals surface area contributed by atoms with Crippen molar-refractivity contribution in [2.75, 3.05) is 0 Å². The molecule has 0 radical (unpaired) electrons. The minimum Gasteiger partial charge on any atom is -0.305 e. The standard InChI is InChI=1S/C19H22N2S/c1-19(2,3)18(17-7-5-11-22-17)21-13-14-8-9-16-15(12-14)6-4-10-20-16/h4-12,18,21H,13H2,1-3H3. The zero-order valence-electron chi connectivity index (χ0n) is 13.3. The summed E-state index contributed by atoms with van der Waals surface area (Å²) < 4.78 is 0. The van der Waals surface area contributed by atoms with Gasteiger partial charge >= 0.3 is 0 Å². The molecule has 0 saturated carbocycles. The number of thiophene rings is 1. The smallest absolute Gasteiger partial charge is 0.0702 e. The molecule has 22 heavy (non-hydrogen) atoms. The van der Waals surface area contributed by atoms with Crippen LogP contribution in [0, 0.1) is 5.41 Å². The van der Waals surface area contributed by atoms with E-state index >= 15 is 0 Å². The Morgan fingerprint density at radius 3 is 2.73 bits per heavy atom. The predicted molar refractivity (Wildman–Crippen MR) is 95.1 cm³/mol. The summed E-state index contributed by atoms with van der Waals surface area (Å²) in [4.78, 5) is 5.78. The molecule has 3 heteroatoms. The van der Waals surface area contributed by atoms with E-state index < -0.39 is 0 Å². The van der Waals surface area contributed by atoms with Gasteiger partial charge in [-0.3, -0.25) is 4.98 Å². The van der Waals surface area contributed by atoms with Crippen LogP contribution in [-0.2, 0) is 6.54 Å². The van der Waals surface area contributed by atoms with Gasteiger partial charge in [-0.1, -0.05) is 39.0 Å². The van der Waals surface area contributed by atoms with E-state index in [0.717, 1.165) is 12.1 Å². The molecule has 0 saturated heterocycles. The number of nitrogens with one attached hydrogen (secondary N) is 1. The van der Waals surface area contributed by atoms with Crippen LogP contribution in [0.3, 0.4) is 0 Å². The zero-order valence-corrected chi connectivity index (χ0v) is 14.2. The fourth-order valence-electron chi connectivity index (χ4n) is 2.74. The lowest BCUT2D eigenvalue weighted by molar-refractivity contribution is 0.275. The van der Waals surface area contributed by atoms with Gasteiger partial charge in [-0.15, -0.1) is 11.3 Å². The highest BCUT2D eigenvalue weighted by atomic mass is 32.1. The van der Waals surface area contributed by atoms with Crippen molar-refractivity contribution in [3.8, 4) is 0 Å². The van der Waals surface area contributed by atoms with E-state index in [1.807, 2.05) is 23.6 Å². The van der Waals surface area contributed by atoms with Crippen molar-refractivity contribution in [3.63, 3.8) is 0 Å². The summed E-state index contributed by atoms with van der Waals surface area (Å²) in [6.07, 6.45) is 1.84. The summed E-state index contributed by atoms with van der Waals surface area (Å²) in [5.74, 6) is 0. The number of rotatable bonds is 4. The Balaban J connectivity index is 1.79. The summed E-state index contributed by atoms with van der Waals surface area (Å²) in [5, 5.41) is 7.08. The van der Waals surface area contributed by atoms with Gasteiger partial charge in [-0.05, 0) is 40.6 Å². The highest BCUT2D eigenvalue weighted by Gasteiger charge is 2.26. The first-order valence-corrected chi connectivity index (χ1v) is 8.52. The molecule has 3 rings (SSSR count). The fraction of sp³-hybridized carbons (Fsp3) is 0.316. The molecule has 1 atom stereocenters. The molecule has 0 spiro atoms. The normalized spacial score (nSPS) is 13.4. The first kappa shape index (κ1) is 15.2. The van der Waals surface area contributed by atoms with Gasteiger partial charge in [0.25, 0.3) is 0 Å². The number of aromatic nitrogens is 1. The minimum absolute atomic E-state index is 0.184. The molecule has 0 amide bonds. The average Bonchev–Trinajstić information content (AvgIpc) is 3.00. The van der Waals surface area contributed by atoms with E-state index in [9.17, 15) is 0 Å². The molecular formula is C19H22N2S. The van der Waals surface area contributed by atoms with Crippen LogP contribution >= 0.6 is 11.3 Å². The molecule has 2 nitrogen and oxygen atoms in total. The molecule has 0 aliphatic heterocycles. The number of fused-ring (bicyclic) bond motifs is 1. The number of pyridine rings is 1. The number of hydrogen-bond acceptors (Lipinski definition) is 3. The van der Waals surface area contributed by atoms with Gasteiger partial charge in [0.2, 0.25) is 0 Å². The van der Waals surface area contributed by atoms with Crippen LogP contribution in [0.1, 0.15) is 37.3 Å². The van der Waals surface area contributed by atoms with E-state index in [-0.39, 0.29) is 5.41 Å². The Kier molecular flexibility index (Phi) is 4.27. The van der Waals surface area contributed by atoms with Crippen molar-refractivity contribution in [2.24, 2.45) is 5.41 Å². The Morgan fingerprint density at radius 2 is 2.00 bits per heavy atom. The molecule has 0 aliphatic carbocycles. The Morgan fingerprint density at radius 1 is 1.14 bits per heavy atom. The van der Waals surface area contributed by atoms with Crippen LogP contribution < -0.4 is 5.32 Å². The van der Waals surface area contributed by atoms with Gasteiger partial charge in [-0.25, -0.2) is 0 Å². The molecule has 0 aliphatic rings. The first-order valence-electron chi connectivity index (χ1n) is 7.64. The molecule has 0 fully saturated rings. The predicted octanol–water partition coefficient (Wildman–Crippen LogP) is 5.17. The summed E-state index contributed by atoms with van der Waals surface area (Å²) in [5.41, 5.74) is 2.53. The molecular weight excluding hydrogens is 288 g/mol. The maximum absolute atomic E-state index is 4.38. The van der Waals surface area contributed by atoms with Crippen molar-refractivity contribution in [3.05, 3.63) is 64.5 Å². The molecule has 0 bridgehead atoms. The van der Waals surface area contributed by atoms with Crippen molar-refractivity contribution >= 4 is 22.2 Å². The number of hydrogen-bond donors (Lipinski definition) is 1. The third-order valence-corrected chi connectivity index (χ3v) is 4.81. The number of nitrogens with zero attached hydrogens (tertiary/aromatic N) is 1. The van der Waals surface area contributed by atoms with Gasteiger partial charge in [0.05, 0.1) is 5.52 Å².